The fourth-order valence-electron chi connectivity index (χ4n) is 12.6. The molecule has 1 saturated carbocycles. The van der Waals surface area contributed by atoms with Crippen LogP contribution in [0.25, 0.3) is 89.5 Å². The zero-order valence-electron chi connectivity index (χ0n) is 70.7. The molecule has 1 fully saturated rings. The van der Waals surface area contributed by atoms with Gasteiger partial charge in [0.25, 0.3) is 0 Å². The number of aryl methyl sites for hydroxylation is 12. The van der Waals surface area contributed by atoms with E-state index >= 15 is 0 Å². The fourth-order valence-corrected chi connectivity index (χ4v) is 12.6. The van der Waals surface area contributed by atoms with E-state index in [0.29, 0.717) is 23.1 Å². The van der Waals surface area contributed by atoms with E-state index in [0.717, 1.165) is 61.6 Å². The Hall–Kier alpha value is -9.64. The zero-order valence-corrected chi connectivity index (χ0v) is 57.7. The van der Waals surface area contributed by atoms with Gasteiger partial charge in [0.15, 0.2) is 24.8 Å². The van der Waals surface area contributed by atoms with Crippen molar-refractivity contribution in [1.29, 1.82) is 0 Å². The molecule has 12 aromatic rings. The largest absolute Gasteiger partial charge is 0.212 e. The van der Waals surface area contributed by atoms with Crippen molar-refractivity contribution >= 4 is 0 Å². The normalized spacial score (nSPS) is 16.0. The highest BCUT2D eigenvalue weighted by atomic mass is 14.9. The third-order valence-electron chi connectivity index (χ3n) is 17.8. The summed E-state index contributed by atoms with van der Waals surface area (Å²) in [6.07, 6.45) is 1.18. The number of rotatable bonds is 12. The average Bonchev–Trinajstić information content (AvgIpc) is 0.775. The van der Waals surface area contributed by atoms with Gasteiger partial charge in [-0.25, -0.2) is 18.3 Å². The summed E-state index contributed by atoms with van der Waals surface area (Å²) >= 11 is 0. The number of benzene rings is 8. The van der Waals surface area contributed by atoms with Crippen molar-refractivity contribution < 1.29 is 36.1 Å². The highest BCUT2D eigenvalue weighted by molar-refractivity contribution is 5.71. The Balaban J connectivity index is 0.000000155. The lowest BCUT2D eigenvalue weighted by Crippen LogP contribution is -2.30. The molecule has 0 unspecified atom stereocenters. The summed E-state index contributed by atoms with van der Waals surface area (Å²) < 4.78 is 116. The minimum Gasteiger partial charge on any atom is -0.200 e. The van der Waals surface area contributed by atoms with Crippen LogP contribution in [-0.4, -0.2) is 0 Å². The topological polar surface area (TPSA) is 15.5 Å². The first-order valence-electron chi connectivity index (χ1n) is 39.4. The maximum absolute atomic E-state index is 8.98. The Labute approximate surface area is 587 Å². The van der Waals surface area contributed by atoms with E-state index in [1.54, 1.807) is 42.5 Å². The minimum atomic E-state index is -2.07. The first kappa shape index (κ1) is 52.7. The molecular weight excluding hydrogens is 1150 g/mol. The summed E-state index contributed by atoms with van der Waals surface area (Å²) in [6, 6.07) is 76.6. The smallest absolute Gasteiger partial charge is 0.200 e. The molecule has 1 aliphatic carbocycles. The van der Waals surface area contributed by atoms with Crippen molar-refractivity contribution in [2.24, 2.45) is 28.2 Å². The van der Waals surface area contributed by atoms with Crippen LogP contribution in [0.5, 0.6) is 0 Å². The molecule has 4 nitrogen and oxygen atoms in total. The van der Waals surface area contributed by atoms with E-state index in [2.05, 4.69) is 195 Å². The van der Waals surface area contributed by atoms with E-state index in [4.69, 9.17) is 17.8 Å². The van der Waals surface area contributed by atoms with Gasteiger partial charge in [-0.3, -0.25) is 0 Å². The zero-order chi connectivity index (χ0) is 78.6. The van der Waals surface area contributed by atoms with Crippen LogP contribution in [0, 0.1) is 55.3 Å². The summed E-state index contributed by atoms with van der Waals surface area (Å²) in [7, 11) is 8.14. The molecule has 0 aliphatic heterocycles. The van der Waals surface area contributed by atoms with Crippen LogP contribution in [-0.2, 0) is 28.2 Å². The molecule has 0 spiro atoms. The lowest BCUT2D eigenvalue weighted by molar-refractivity contribution is -0.660. The molecule has 0 radical (unpaired) electrons. The molecule has 13 rings (SSSR count). The Kier molecular flexibility index (Phi) is 17.7. The van der Waals surface area contributed by atoms with E-state index in [1.165, 1.54) is 80.7 Å². The van der Waals surface area contributed by atoms with Crippen LogP contribution in [0.1, 0.15) is 144 Å². The molecule has 4 aromatic heterocycles. The van der Waals surface area contributed by atoms with Crippen LogP contribution in [0.15, 0.2) is 255 Å². The van der Waals surface area contributed by atoms with Gasteiger partial charge in [0.1, 0.15) is 28.2 Å². The summed E-state index contributed by atoms with van der Waals surface area (Å²) in [5.74, 6) is -3.99. The first-order chi connectivity index (χ1) is 50.7. The van der Waals surface area contributed by atoms with Crippen molar-refractivity contribution in [1.82, 2.24) is 0 Å². The Bertz CT molecular complexity index is 5190. The predicted octanol–water partition coefficient (Wildman–Crippen LogP) is 21.8. The van der Waals surface area contributed by atoms with Crippen LogP contribution in [0.2, 0.25) is 0 Å². The molecule has 4 heterocycles. The summed E-state index contributed by atoms with van der Waals surface area (Å²) in [5.41, 5.74) is 27.0. The summed E-state index contributed by atoms with van der Waals surface area (Å²) in [6.45, 7) is 15.1. The van der Waals surface area contributed by atoms with E-state index in [-0.39, 0.29) is 12.8 Å². The van der Waals surface area contributed by atoms with Gasteiger partial charge in [0.2, 0.25) is 22.8 Å². The second-order valence-corrected chi connectivity index (χ2v) is 24.9. The summed E-state index contributed by atoms with van der Waals surface area (Å²) in [5, 5.41) is 0. The molecule has 95 heavy (non-hydrogen) atoms. The number of hydrogen-bond donors (Lipinski definition) is 0. The highest BCUT2D eigenvalue weighted by Crippen LogP contribution is 2.36. The third kappa shape index (κ3) is 17.0. The van der Waals surface area contributed by atoms with E-state index in [1.807, 2.05) is 113 Å². The van der Waals surface area contributed by atoms with Crippen molar-refractivity contribution in [2.45, 2.75) is 126 Å². The van der Waals surface area contributed by atoms with Gasteiger partial charge in [-0.1, -0.05) is 202 Å². The third-order valence-corrected chi connectivity index (χ3v) is 17.8. The maximum Gasteiger partial charge on any atom is 0.212 e. The van der Waals surface area contributed by atoms with Crippen LogP contribution in [0.3, 0.4) is 0 Å². The van der Waals surface area contributed by atoms with Gasteiger partial charge in [-0.15, -0.1) is 0 Å². The SMILES string of the molecule is Cc1cc(C)cc(-c2ccc(-c3ccccc3C)[n+](C)c2)c1.[2H]C([2H])(C)C([2H])(c1cccc(-c2ccc(-c3ccccc3C)[n+](C)c2)c1)C([2H])([2H])C.[2H]C([2H])([2H])c1ccc(-c2ccc(-c3ccccc3C)[n+](C)c2)cc1C.[2H]C1([2H])CCCC([2H])([2H])C1([2H])c1cccc(-c2ccc(-c3ccccc3C)[n+](C)c2)c1. The van der Waals surface area contributed by atoms with Gasteiger partial charge in [0, 0.05) is 86.6 Å². The van der Waals surface area contributed by atoms with E-state index < -0.39 is 44.1 Å². The molecule has 0 saturated heterocycles. The Morgan fingerprint density at radius 1 is 0.368 bits per heavy atom. The average molecular weight is 1260 g/mol. The molecule has 0 amide bonds. The van der Waals surface area contributed by atoms with Crippen molar-refractivity contribution in [3.05, 3.63) is 311 Å². The van der Waals surface area contributed by atoms with Crippen LogP contribution >= 0.6 is 0 Å². The molecular formula is C91H100N4+4. The monoisotopic (exact) mass is 1260 g/mol. The Morgan fingerprint density at radius 3 is 1.12 bits per heavy atom. The number of nitrogens with zero attached hydrogens (tertiary/aromatic N) is 4. The van der Waals surface area contributed by atoms with E-state index in [9.17, 15) is 0 Å². The number of pyridine rings is 4. The lowest BCUT2D eigenvalue weighted by atomic mass is 9.83. The molecule has 1 aliphatic rings. The molecule has 4 heteroatoms. The van der Waals surface area contributed by atoms with Gasteiger partial charge >= 0.3 is 0 Å². The maximum atomic E-state index is 8.98. The van der Waals surface area contributed by atoms with Gasteiger partial charge in [-0.05, 0) is 208 Å². The van der Waals surface area contributed by atoms with Gasteiger partial charge in [-0.2, -0.15) is 0 Å². The Morgan fingerprint density at radius 2 is 0.737 bits per heavy atom. The highest BCUT2D eigenvalue weighted by Gasteiger charge is 2.21. The second-order valence-electron chi connectivity index (χ2n) is 24.9. The quantitative estimate of drug-likeness (QED) is 0.108. The minimum absolute atomic E-state index is 0.195. The van der Waals surface area contributed by atoms with Crippen LogP contribution < -0.4 is 18.3 Å². The number of aromatic nitrogens is 4. The fraction of sp³-hybridized carbons (Fsp3) is 0.253. The van der Waals surface area contributed by atoms with Gasteiger partial charge in [0.05, 0.1) is 0 Å². The first-order valence-corrected chi connectivity index (χ1v) is 32.9. The predicted molar refractivity (Wildman–Crippen MR) is 401 cm³/mol. The molecule has 480 valence electrons. The van der Waals surface area contributed by atoms with Crippen molar-refractivity contribution in [3.63, 3.8) is 0 Å². The molecule has 0 N–H and O–H groups in total. The standard InChI is InChI=1S/C25H28N.C24H28N.2C21H22N/c1-19-9-6-7-14-24(19)25-16-15-23(18-26(25)2)22-13-8-12-21(17-22)20-10-4-3-5-11-20;1-5-19(6-2)20-11-9-12-21(16-20)22-14-15-24(25(4)17-22)23-13-8-7-10-18(23)3;1-15-11-16(2)13-19(12-15)18-9-10-21(22(4)14-18)20-8-6-5-7-17(20)3;1-15-9-10-18(13-17(15)3)19-11-12-21(22(4)14-19)20-8-6-5-7-16(20)2/h6-9,12-18,20H,3-5,10-11H2,1-2H3;7-17,19H,5-6H2,1-4H3;2*5-14H,1-4H3/q4*+1/i10D2,11D2,20D;5D2,6D2,19D;;1D3. The van der Waals surface area contributed by atoms with Gasteiger partial charge < -0.3 is 0 Å². The molecule has 0 bridgehead atoms. The van der Waals surface area contributed by atoms with Crippen molar-refractivity contribution in [3.8, 4) is 89.5 Å². The van der Waals surface area contributed by atoms with Crippen molar-refractivity contribution in [2.75, 3.05) is 0 Å². The molecule has 8 aromatic carbocycles. The second kappa shape index (κ2) is 32.0. The molecule has 0 atom stereocenters. The lowest BCUT2D eigenvalue weighted by Gasteiger charge is -2.22. The summed E-state index contributed by atoms with van der Waals surface area (Å²) in [4.78, 5) is 0. The number of hydrogen-bond acceptors (Lipinski definition) is 0. The van der Waals surface area contributed by atoms with Crippen LogP contribution in [0.4, 0.5) is 0 Å².